The Morgan fingerprint density at radius 2 is 2.07 bits per heavy atom. The van der Waals surface area contributed by atoms with Crippen LogP contribution in [-0.2, 0) is 9.53 Å². The van der Waals surface area contributed by atoms with Crippen molar-refractivity contribution in [3.63, 3.8) is 0 Å². The molecule has 0 amide bonds. The molecule has 2 heterocycles. The maximum Gasteiger partial charge on any atom is 0.310 e. The first kappa shape index (κ1) is 10.9. The van der Waals surface area contributed by atoms with Gasteiger partial charge in [0.15, 0.2) is 0 Å². The van der Waals surface area contributed by atoms with E-state index in [0.29, 0.717) is 6.04 Å². The number of ether oxygens (including phenoxy) is 1. The summed E-state index contributed by atoms with van der Waals surface area (Å²) in [4.78, 5) is 13.9. The largest absolute Gasteiger partial charge is 0.469 e. The molecule has 2 bridgehead atoms. The predicted octanol–water partition coefficient (Wildman–Crippen LogP) is 0.249. The molecule has 0 aliphatic carbocycles. The quantitative estimate of drug-likeness (QED) is 0.668. The summed E-state index contributed by atoms with van der Waals surface area (Å²) in [6.07, 6.45) is 1.70. The lowest BCUT2D eigenvalue weighted by Crippen LogP contribution is -2.39. The zero-order valence-corrected chi connectivity index (χ0v) is 9.51. The highest BCUT2D eigenvalue weighted by molar-refractivity contribution is 5.74. The van der Waals surface area contributed by atoms with Gasteiger partial charge in [-0.1, -0.05) is 0 Å². The number of hydrogen-bond acceptors (Lipinski definition) is 4. The third kappa shape index (κ3) is 1.47. The zero-order valence-electron chi connectivity index (χ0n) is 9.51. The number of rotatable bonds is 2. The molecule has 4 nitrogen and oxygen atoms in total. The number of nitrogens with zero attached hydrogens (tertiary/aromatic N) is 1. The highest BCUT2D eigenvalue weighted by Gasteiger charge is 2.56. The van der Waals surface area contributed by atoms with Gasteiger partial charge in [-0.05, 0) is 26.8 Å². The Morgan fingerprint density at radius 3 is 2.60 bits per heavy atom. The van der Waals surface area contributed by atoms with Crippen LogP contribution in [0.5, 0.6) is 0 Å². The summed E-state index contributed by atoms with van der Waals surface area (Å²) in [7, 11) is 3.47. The van der Waals surface area contributed by atoms with Crippen molar-refractivity contribution in [2.75, 3.05) is 14.2 Å². The van der Waals surface area contributed by atoms with Gasteiger partial charge in [0.25, 0.3) is 0 Å². The molecule has 5 atom stereocenters. The van der Waals surface area contributed by atoms with Crippen LogP contribution in [0.15, 0.2) is 0 Å². The van der Waals surface area contributed by atoms with E-state index in [9.17, 15) is 9.90 Å². The Bertz CT molecular complexity index is 267. The van der Waals surface area contributed by atoms with Gasteiger partial charge in [0.05, 0.1) is 19.1 Å². The van der Waals surface area contributed by atoms with Crippen LogP contribution in [0.2, 0.25) is 0 Å². The maximum atomic E-state index is 11.7. The van der Waals surface area contributed by atoms with Gasteiger partial charge in [0, 0.05) is 18.0 Å². The van der Waals surface area contributed by atoms with Crippen molar-refractivity contribution in [1.82, 2.24) is 4.90 Å². The summed E-state index contributed by atoms with van der Waals surface area (Å²) < 4.78 is 4.84. The van der Waals surface area contributed by atoms with Gasteiger partial charge in [0.1, 0.15) is 0 Å². The number of hydrogen-bond donors (Lipinski definition) is 1. The van der Waals surface area contributed by atoms with Gasteiger partial charge in [-0.2, -0.15) is 0 Å². The molecule has 86 valence electrons. The molecule has 15 heavy (non-hydrogen) atoms. The molecule has 2 aliphatic heterocycles. The van der Waals surface area contributed by atoms with Crippen molar-refractivity contribution in [2.24, 2.45) is 11.8 Å². The topological polar surface area (TPSA) is 49.8 Å². The normalized spacial score (nSPS) is 41.9. The highest BCUT2D eigenvalue weighted by atomic mass is 16.5. The average molecular weight is 213 g/mol. The lowest BCUT2D eigenvalue weighted by atomic mass is 9.76. The summed E-state index contributed by atoms with van der Waals surface area (Å²) in [6, 6.07) is 0.612. The van der Waals surface area contributed by atoms with Crippen LogP contribution >= 0.6 is 0 Å². The second-order valence-electron chi connectivity index (χ2n) is 4.74. The number of fused-ring (bicyclic) bond motifs is 2. The lowest BCUT2D eigenvalue weighted by molar-refractivity contribution is -0.149. The monoisotopic (exact) mass is 213 g/mol. The number of aliphatic hydroxyl groups excluding tert-OH is 1. The van der Waals surface area contributed by atoms with Gasteiger partial charge >= 0.3 is 5.97 Å². The minimum Gasteiger partial charge on any atom is -0.469 e. The van der Waals surface area contributed by atoms with E-state index in [1.165, 1.54) is 7.11 Å². The summed E-state index contributed by atoms with van der Waals surface area (Å²) in [5.74, 6) is -0.264. The first-order valence-electron chi connectivity index (χ1n) is 5.55. The van der Waals surface area contributed by atoms with E-state index in [1.54, 1.807) is 6.92 Å². The molecule has 5 unspecified atom stereocenters. The fraction of sp³-hybridized carbons (Fsp3) is 0.909. The van der Waals surface area contributed by atoms with Crippen molar-refractivity contribution in [1.29, 1.82) is 0 Å². The van der Waals surface area contributed by atoms with Crippen LogP contribution < -0.4 is 0 Å². The predicted molar refractivity (Wildman–Crippen MR) is 55.2 cm³/mol. The highest BCUT2D eigenvalue weighted by Crippen LogP contribution is 2.46. The minimum absolute atomic E-state index is 0.0428. The van der Waals surface area contributed by atoms with Crippen molar-refractivity contribution >= 4 is 5.97 Å². The Balaban J connectivity index is 2.24. The van der Waals surface area contributed by atoms with Crippen LogP contribution in [0.4, 0.5) is 0 Å². The van der Waals surface area contributed by atoms with Gasteiger partial charge in [-0.3, -0.25) is 9.69 Å². The molecule has 0 aromatic heterocycles. The fourth-order valence-electron chi connectivity index (χ4n) is 3.46. The zero-order chi connectivity index (χ0) is 11.2. The molecule has 0 aromatic carbocycles. The number of carbonyl (C=O) groups is 1. The van der Waals surface area contributed by atoms with Crippen molar-refractivity contribution in [3.05, 3.63) is 0 Å². The molecular formula is C11H19NO3. The Hall–Kier alpha value is -0.610. The maximum absolute atomic E-state index is 11.7. The van der Waals surface area contributed by atoms with E-state index >= 15 is 0 Å². The molecule has 4 heteroatoms. The summed E-state index contributed by atoms with van der Waals surface area (Å²) in [5, 5.41) is 9.77. The molecule has 0 radical (unpaired) electrons. The van der Waals surface area contributed by atoms with E-state index in [1.807, 2.05) is 7.05 Å². The third-order valence-electron chi connectivity index (χ3n) is 4.11. The number of esters is 1. The summed E-state index contributed by atoms with van der Waals surface area (Å²) in [6.45, 7) is 1.77. The molecule has 0 aromatic rings. The molecule has 2 saturated heterocycles. The number of methoxy groups -OCH3 is 1. The molecular weight excluding hydrogens is 194 g/mol. The van der Waals surface area contributed by atoms with Crippen LogP contribution in [0.1, 0.15) is 19.8 Å². The molecule has 0 spiro atoms. The second-order valence-corrected chi connectivity index (χ2v) is 4.74. The fourth-order valence-corrected chi connectivity index (χ4v) is 3.46. The van der Waals surface area contributed by atoms with Crippen molar-refractivity contribution in [2.45, 2.75) is 38.0 Å². The molecule has 0 saturated carbocycles. The Kier molecular flexibility index (Phi) is 2.73. The van der Waals surface area contributed by atoms with E-state index < -0.39 is 6.10 Å². The Morgan fingerprint density at radius 1 is 1.47 bits per heavy atom. The van der Waals surface area contributed by atoms with E-state index in [2.05, 4.69) is 4.90 Å². The van der Waals surface area contributed by atoms with Crippen molar-refractivity contribution < 1.29 is 14.6 Å². The Labute approximate surface area is 90.2 Å². The summed E-state index contributed by atoms with van der Waals surface area (Å²) in [5.41, 5.74) is 0. The average Bonchev–Trinajstić information content (AvgIpc) is 2.70. The second kappa shape index (κ2) is 3.76. The minimum atomic E-state index is -0.438. The molecule has 1 N–H and O–H groups in total. The van der Waals surface area contributed by atoms with Gasteiger partial charge < -0.3 is 9.84 Å². The van der Waals surface area contributed by atoms with E-state index in [0.717, 1.165) is 12.8 Å². The lowest BCUT2D eigenvalue weighted by Gasteiger charge is -2.29. The van der Waals surface area contributed by atoms with Crippen LogP contribution in [-0.4, -0.2) is 48.3 Å². The molecule has 2 fully saturated rings. The molecule has 2 aliphatic rings. The SMILES string of the molecule is COC(=O)C1C(C(C)O)C2CCC1N2C. The number of aliphatic hydroxyl groups is 1. The smallest absolute Gasteiger partial charge is 0.310 e. The first-order valence-corrected chi connectivity index (χ1v) is 5.55. The van der Waals surface area contributed by atoms with E-state index in [4.69, 9.17) is 4.74 Å². The number of carbonyl (C=O) groups excluding carboxylic acids is 1. The summed E-state index contributed by atoms with van der Waals surface area (Å²) >= 11 is 0. The van der Waals surface area contributed by atoms with Gasteiger partial charge in [-0.15, -0.1) is 0 Å². The van der Waals surface area contributed by atoms with Crippen LogP contribution in [0, 0.1) is 11.8 Å². The van der Waals surface area contributed by atoms with Crippen molar-refractivity contribution in [3.8, 4) is 0 Å². The van der Waals surface area contributed by atoms with Crippen LogP contribution in [0.3, 0.4) is 0 Å². The van der Waals surface area contributed by atoms with Gasteiger partial charge in [-0.25, -0.2) is 0 Å². The first-order chi connectivity index (χ1) is 7.07. The van der Waals surface area contributed by atoms with Crippen LogP contribution in [0.25, 0.3) is 0 Å². The molecule has 2 rings (SSSR count). The standard InChI is InChI=1S/C11H19NO3/c1-6(13)9-7-4-5-8(12(7)2)10(9)11(14)15-3/h6-10,13H,4-5H2,1-3H3. The van der Waals surface area contributed by atoms with Gasteiger partial charge in [0.2, 0.25) is 0 Å². The third-order valence-corrected chi connectivity index (χ3v) is 4.11. The van der Waals surface area contributed by atoms with E-state index in [-0.39, 0.29) is 23.8 Å².